The van der Waals surface area contributed by atoms with E-state index in [1.54, 1.807) is 0 Å². The quantitative estimate of drug-likeness (QED) is 0.506. The highest BCUT2D eigenvalue weighted by Crippen LogP contribution is 1.87. The summed E-state index contributed by atoms with van der Waals surface area (Å²) < 4.78 is 20.1. The molecule has 0 heterocycles. The molecule has 7 heavy (non-hydrogen) atoms. The Morgan fingerprint density at radius 3 is 2.86 bits per heavy atom. The molecule has 0 aliphatic heterocycles. The summed E-state index contributed by atoms with van der Waals surface area (Å²) in [6, 6.07) is 0. The average Bonchev–Trinajstić information content (AvgIpc) is 1.60. The number of carbonyl (C=O) groups is 1. The van der Waals surface area contributed by atoms with Gasteiger partial charge in [0.25, 0.3) is 0 Å². The van der Waals surface area contributed by atoms with Crippen molar-refractivity contribution in [3.8, 4) is 0 Å². The third kappa shape index (κ3) is 2.17. The van der Waals surface area contributed by atoms with E-state index in [1.807, 2.05) is 0 Å². The molecule has 1 atom stereocenters. The highest BCUT2D eigenvalue weighted by molar-refractivity contribution is 5.69. The van der Waals surface area contributed by atoms with Crippen LogP contribution in [-0.4, -0.2) is 17.6 Å². The fraction of sp³-hybridized carbons (Fsp3) is 0.750. The van der Waals surface area contributed by atoms with Gasteiger partial charge in [0, 0.05) is 10.7 Å². The Bertz CT molecular complexity index is 133. The summed E-state index contributed by atoms with van der Waals surface area (Å²) in [6.45, 7) is -2.84. The summed E-state index contributed by atoms with van der Waals surface area (Å²) in [5.41, 5.74) is 4.92. The van der Waals surface area contributed by atoms with Crippen molar-refractivity contribution in [1.82, 2.24) is 0 Å². The van der Waals surface area contributed by atoms with E-state index in [1.165, 1.54) is 0 Å². The molecule has 0 spiro atoms. The normalized spacial score (nSPS) is 21.6. The monoisotopic (exact) mass is 106 g/mol. The maximum absolute atomic E-state index is 10.1. The first-order valence-corrected chi connectivity index (χ1v) is 1.82. The zero-order valence-corrected chi connectivity index (χ0v) is 3.72. The number of hydrogen-bond donors (Lipinski definition) is 2. The van der Waals surface area contributed by atoms with Crippen LogP contribution in [0.4, 0.5) is 0 Å². The first-order chi connectivity index (χ1) is 4.39. The Hall–Kier alpha value is -0.570. The van der Waals surface area contributed by atoms with E-state index in [0.717, 1.165) is 0 Å². The molecule has 0 aliphatic rings. The van der Waals surface area contributed by atoms with E-state index < -0.39 is 18.7 Å². The molecule has 0 amide bonds. The van der Waals surface area contributed by atoms with Crippen LogP contribution >= 0.6 is 0 Å². The smallest absolute Gasteiger partial charge is 0.307 e. The topological polar surface area (TPSA) is 63.3 Å². The summed E-state index contributed by atoms with van der Waals surface area (Å²) in [5, 5.41) is 8.27. The Morgan fingerprint density at radius 2 is 2.86 bits per heavy atom. The van der Waals surface area contributed by atoms with Gasteiger partial charge >= 0.3 is 5.97 Å². The number of carboxylic acid groups (broad SMARTS) is 1. The second-order valence-corrected chi connectivity index (χ2v) is 1.13. The Labute approximate surface area is 46.3 Å². The number of carboxylic acids is 1. The molecule has 0 bridgehead atoms. The highest BCUT2D eigenvalue weighted by atomic mass is 16.4. The summed E-state index contributed by atoms with van der Waals surface area (Å²) >= 11 is 0. The third-order valence-corrected chi connectivity index (χ3v) is 0.534. The van der Waals surface area contributed by atoms with Crippen molar-refractivity contribution in [2.75, 3.05) is 6.54 Å². The maximum Gasteiger partial charge on any atom is 0.307 e. The minimum absolute atomic E-state index is 0.355. The fourth-order valence-electron chi connectivity index (χ4n) is 0.101. The molecule has 3 nitrogen and oxygen atoms in total. The van der Waals surface area contributed by atoms with E-state index in [9.17, 15) is 4.79 Å². The summed E-state index contributed by atoms with van der Waals surface area (Å²) in [6.07, 6.45) is 0. The molecule has 3 N–H and O–H groups in total. The molecule has 0 aliphatic carbocycles. The predicted molar refractivity (Wildman–Crippen MR) is 25.9 cm³/mol. The van der Waals surface area contributed by atoms with Crippen molar-refractivity contribution in [1.29, 1.82) is 0 Å². The lowest BCUT2D eigenvalue weighted by atomic mass is 10.2. The molecule has 0 aromatic carbocycles. The van der Waals surface area contributed by atoms with Crippen molar-refractivity contribution < 1.29 is 14.0 Å². The van der Waals surface area contributed by atoms with Crippen LogP contribution in [0.1, 0.15) is 11.0 Å². The van der Waals surface area contributed by atoms with Gasteiger partial charge in [-0.3, -0.25) is 4.79 Å². The molecule has 0 saturated carbocycles. The number of aliphatic carboxylic acids is 1. The van der Waals surface area contributed by atoms with Gasteiger partial charge in [-0.25, -0.2) is 0 Å². The maximum atomic E-state index is 10.1. The van der Waals surface area contributed by atoms with Gasteiger partial charge in [0.15, 0.2) is 0 Å². The Balaban J connectivity index is 4.22. The van der Waals surface area contributed by atoms with Gasteiger partial charge in [0.1, 0.15) is 0 Å². The molecule has 0 radical (unpaired) electrons. The van der Waals surface area contributed by atoms with E-state index in [-0.39, 0.29) is 6.54 Å². The van der Waals surface area contributed by atoms with Crippen LogP contribution in [0, 0.1) is 5.92 Å². The summed E-state index contributed by atoms with van der Waals surface area (Å²) in [7, 11) is 0. The predicted octanol–water partition coefficient (Wildman–Crippen LogP) is -0.334. The molecular formula is C4H9NO2. The lowest BCUT2D eigenvalue weighted by Crippen LogP contribution is -2.19. The average molecular weight is 106 g/mol. The first-order valence-electron chi connectivity index (χ1n) is 3.32. The molecule has 0 saturated heterocycles. The second kappa shape index (κ2) is 2.58. The van der Waals surface area contributed by atoms with E-state index in [4.69, 9.17) is 15.0 Å². The second-order valence-electron chi connectivity index (χ2n) is 1.13. The molecule has 0 fully saturated rings. The van der Waals surface area contributed by atoms with Gasteiger partial charge in [-0.15, -0.1) is 0 Å². The van der Waals surface area contributed by atoms with Crippen molar-refractivity contribution in [2.24, 2.45) is 11.7 Å². The van der Waals surface area contributed by atoms with Crippen molar-refractivity contribution in [3.63, 3.8) is 0 Å². The lowest BCUT2D eigenvalue weighted by molar-refractivity contribution is -0.140. The van der Waals surface area contributed by atoms with Crippen molar-refractivity contribution in [2.45, 2.75) is 6.85 Å². The van der Waals surface area contributed by atoms with Crippen molar-refractivity contribution in [3.05, 3.63) is 0 Å². The van der Waals surface area contributed by atoms with E-state index >= 15 is 0 Å². The minimum atomic E-state index is -2.49. The largest absolute Gasteiger partial charge is 0.481 e. The van der Waals surface area contributed by atoms with Gasteiger partial charge in [0.05, 0.1) is 5.92 Å². The number of hydrogen-bond acceptors (Lipinski definition) is 2. The van der Waals surface area contributed by atoms with Crippen LogP contribution in [-0.2, 0) is 4.79 Å². The zero-order chi connectivity index (χ0) is 8.36. The molecule has 3 heteroatoms. The van der Waals surface area contributed by atoms with Crippen LogP contribution in [0.3, 0.4) is 0 Å². The van der Waals surface area contributed by atoms with Gasteiger partial charge in [0.2, 0.25) is 0 Å². The van der Waals surface area contributed by atoms with Crippen LogP contribution < -0.4 is 5.73 Å². The van der Waals surface area contributed by atoms with Crippen molar-refractivity contribution >= 4 is 5.97 Å². The van der Waals surface area contributed by atoms with Crippen LogP contribution in [0.15, 0.2) is 0 Å². The van der Waals surface area contributed by atoms with E-state index in [2.05, 4.69) is 0 Å². The molecular weight excluding hydrogens is 94.0 g/mol. The van der Waals surface area contributed by atoms with Gasteiger partial charge in [-0.2, -0.15) is 0 Å². The van der Waals surface area contributed by atoms with Gasteiger partial charge < -0.3 is 10.8 Å². The number of rotatable bonds is 2. The third-order valence-electron chi connectivity index (χ3n) is 0.534. The van der Waals surface area contributed by atoms with Gasteiger partial charge in [-0.05, 0) is 0 Å². The number of nitrogens with two attached hydrogens (primary N) is 1. The minimum Gasteiger partial charge on any atom is -0.481 e. The van der Waals surface area contributed by atoms with Gasteiger partial charge in [-0.1, -0.05) is 6.85 Å². The standard InChI is InChI=1S/C4H9NO2/c1-3(2-5)4(6)7/h3H,2,5H2,1H3,(H,6,7)/i1D3. The van der Waals surface area contributed by atoms with Crippen LogP contribution in [0.25, 0.3) is 0 Å². The molecule has 1 unspecified atom stereocenters. The molecule has 0 aromatic rings. The Morgan fingerprint density at radius 1 is 2.29 bits per heavy atom. The lowest BCUT2D eigenvalue weighted by Gasteiger charge is -1.96. The molecule has 0 rings (SSSR count). The fourth-order valence-corrected chi connectivity index (χ4v) is 0.101. The summed E-state index contributed by atoms with van der Waals surface area (Å²) in [4.78, 5) is 10.1. The summed E-state index contributed by atoms with van der Waals surface area (Å²) in [5.74, 6) is -2.81. The zero-order valence-electron chi connectivity index (χ0n) is 6.72. The van der Waals surface area contributed by atoms with Crippen LogP contribution in [0.2, 0.25) is 0 Å². The Kier molecular flexibility index (Phi) is 0.982. The molecule has 0 aromatic heterocycles. The molecule has 42 valence electrons. The SMILES string of the molecule is [2H]C([2H])([2H])C(CN)C(=O)O. The van der Waals surface area contributed by atoms with E-state index in [0.29, 0.717) is 0 Å². The first kappa shape index (κ1) is 2.67. The van der Waals surface area contributed by atoms with Crippen LogP contribution in [0.5, 0.6) is 0 Å². The highest BCUT2D eigenvalue weighted by Gasteiger charge is 2.05.